The summed E-state index contributed by atoms with van der Waals surface area (Å²) in [5.74, 6) is 0. The minimum absolute atomic E-state index is 0.503. The summed E-state index contributed by atoms with van der Waals surface area (Å²) < 4.78 is 12.7. The van der Waals surface area contributed by atoms with Gasteiger partial charge in [-0.2, -0.15) is 0 Å². The number of benzene rings is 3. The zero-order valence-corrected chi connectivity index (χ0v) is 15.2. The molecule has 3 rings (SSSR count). The Labute approximate surface area is 150 Å². The predicted octanol–water partition coefficient (Wildman–Crippen LogP) is 4.49. The van der Waals surface area contributed by atoms with Gasteiger partial charge in [-0.1, -0.05) is 91.0 Å². The highest BCUT2D eigenvalue weighted by Gasteiger charge is 2.37. The van der Waals surface area contributed by atoms with Crippen molar-refractivity contribution >= 4 is 13.7 Å². The van der Waals surface area contributed by atoms with Crippen molar-refractivity contribution in [3.05, 3.63) is 114 Å². The predicted molar refractivity (Wildman–Crippen MR) is 104 cm³/mol. The molecule has 126 valence electrons. The van der Waals surface area contributed by atoms with E-state index in [4.69, 9.17) is 8.85 Å². The van der Waals surface area contributed by atoms with Crippen molar-refractivity contribution < 1.29 is 8.85 Å². The minimum Gasteiger partial charge on any atom is -0.383 e. The van der Waals surface area contributed by atoms with Crippen molar-refractivity contribution in [1.82, 2.24) is 0 Å². The molecule has 0 aromatic heterocycles. The molecule has 25 heavy (non-hydrogen) atoms. The van der Waals surface area contributed by atoms with Crippen molar-refractivity contribution in [2.24, 2.45) is 0 Å². The van der Waals surface area contributed by atoms with Gasteiger partial charge >= 0.3 is 8.56 Å². The van der Waals surface area contributed by atoms with Crippen molar-refractivity contribution in [2.45, 2.75) is 13.2 Å². The van der Waals surface area contributed by atoms with E-state index in [1.807, 2.05) is 60.3 Å². The third-order valence-corrected chi connectivity index (χ3v) is 6.86. The highest BCUT2D eigenvalue weighted by Crippen LogP contribution is 2.16. The first-order valence-corrected chi connectivity index (χ1v) is 10.3. The Kier molecular flexibility index (Phi) is 5.96. The lowest BCUT2D eigenvalue weighted by Gasteiger charge is -2.28. The van der Waals surface area contributed by atoms with E-state index in [2.05, 4.69) is 43.0 Å². The zero-order chi connectivity index (χ0) is 17.4. The van der Waals surface area contributed by atoms with Crippen LogP contribution < -0.4 is 5.19 Å². The lowest BCUT2D eigenvalue weighted by Crippen LogP contribution is -2.52. The van der Waals surface area contributed by atoms with Gasteiger partial charge in [-0.05, 0) is 22.0 Å². The van der Waals surface area contributed by atoms with Gasteiger partial charge in [0.1, 0.15) is 0 Å². The van der Waals surface area contributed by atoms with Gasteiger partial charge < -0.3 is 8.85 Å². The molecule has 0 amide bonds. The van der Waals surface area contributed by atoms with Crippen LogP contribution in [0.4, 0.5) is 0 Å². The summed E-state index contributed by atoms with van der Waals surface area (Å²) in [6.45, 7) is 5.05. The maximum absolute atomic E-state index is 6.37. The lowest BCUT2D eigenvalue weighted by atomic mass is 10.2. The van der Waals surface area contributed by atoms with Crippen LogP contribution in [-0.4, -0.2) is 8.56 Å². The van der Waals surface area contributed by atoms with E-state index in [0.717, 1.165) is 16.3 Å². The average molecular weight is 347 g/mol. The zero-order valence-electron chi connectivity index (χ0n) is 14.2. The van der Waals surface area contributed by atoms with E-state index in [0.29, 0.717) is 13.2 Å². The molecule has 0 fully saturated rings. The Morgan fingerprint density at radius 2 is 1.04 bits per heavy atom. The Hall–Kier alpha value is -2.46. The summed E-state index contributed by atoms with van der Waals surface area (Å²) in [7, 11) is -2.75. The molecule has 0 saturated carbocycles. The quantitative estimate of drug-likeness (QED) is 0.559. The van der Waals surface area contributed by atoms with E-state index in [1.54, 1.807) is 0 Å². The van der Waals surface area contributed by atoms with Gasteiger partial charge in [0.2, 0.25) is 0 Å². The Morgan fingerprint density at radius 3 is 1.44 bits per heavy atom. The molecule has 3 aromatic rings. The van der Waals surface area contributed by atoms with Crippen LogP contribution in [0, 0.1) is 0 Å². The van der Waals surface area contributed by atoms with Gasteiger partial charge in [0.05, 0.1) is 13.2 Å². The Morgan fingerprint density at radius 1 is 0.640 bits per heavy atom. The van der Waals surface area contributed by atoms with Gasteiger partial charge in [0.15, 0.2) is 0 Å². The van der Waals surface area contributed by atoms with Crippen molar-refractivity contribution in [1.29, 1.82) is 0 Å². The first kappa shape index (κ1) is 17.4. The molecule has 0 aliphatic heterocycles. The van der Waals surface area contributed by atoms with E-state index < -0.39 is 8.56 Å². The highest BCUT2D eigenvalue weighted by atomic mass is 28.4. The first-order chi connectivity index (χ1) is 12.3. The molecule has 0 heterocycles. The normalized spacial score (nSPS) is 11.2. The second kappa shape index (κ2) is 8.58. The summed E-state index contributed by atoms with van der Waals surface area (Å²) in [6, 6.07) is 30.5. The van der Waals surface area contributed by atoms with Crippen LogP contribution in [0.25, 0.3) is 0 Å². The third-order valence-electron chi connectivity index (χ3n) is 4.04. The summed E-state index contributed by atoms with van der Waals surface area (Å²) in [6.07, 6.45) is 0. The fraction of sp³-hybridized carbons (Fsp3) is 0.0909. The summed E-state index contributed by atoms with van der Waals surface area (Å²) in [5, 5.41) is 1.07. The maximum Gasteiger partial charge on any atom is 0.399 e. The second-order valence-corrected chi connectivity index (χ2v) is 8.68. The SMILES string of the molecule is C=C[Si](OCc1ccccc1)(OCc1ccccc1)c1ccccc1. The van der Waals surface area contributed by atoms with Crippen LogP contribution in [0.1, 0.15) is 11.1 Å². The van der Waals surface area contributed by atoms with Crippen molar-refractivity contribution in [2.75, 3.05) is 0 Å². The molecule has 0 saturated heterocycles. The Bertz CT molecular complexity index is 729. The molecule has 3 aromatic carbocycles. The number of hydrogen-bond acceptors (Lipinski definition) is 2. The summed E-state index contributed by atoms with van der Waals surface area (Å²) in [4.78, 5) is 0. The first-order valence-electron chi connectivity index (χ1n) is 8.37. The van der Waals surface area contributed by atoms with E-state index in [9.17, 15) is 0 Å². The third kappa shape index (κ3) is 4.54. The molecule has 0 atom stereocenters. The van der Waals surface area contributed by atoms with Gasteiger partial charge in [-0.15, -0.1) is 6.58 Å². The highest BCUT2D eigenvalue weighted by molar-refractivity contribution is 6.85. The van der Waals surface area contributed by atoms with Crippen LogP contribution in [0.3, 0.4) is 0 Å². The second-order valence-electron chi connectivity index (χ2n) is 5.79. The minimum atomic E-state index is -2.75. The molecule has 0 unspecified atom stereocenters. The fourth-order valence-corrected chi connectivity index (χ4v) is 4.95. The molecule has 0 aliphatic carbocycles. The van der Waals surface area contributed by atoms with Gasteiger partial charge in [-0.25, -0.2) is 0 Å². The molecule has 0 aliphatic rings. The molecular formula is C22H22O2Si. The monoisotopic (exact) mass is 346 g/mol. The van der Waals surface area contributed by atoms with Gasteiger partial charge in [0, 0.05) is 0 Å². The molecular weight excluding hydrogens is 324 g/mol. The van der Waals surface area contributed by atoms with Crippen molar-refractivity contribution in [3.63, 3.8) is 0 Å². The molecule has 3 heteroatoms. The maximum atomic E-state index is 6.37. The topological polar surface area (TPSA) is 18.5 Å². The summed E-state index contributed by atoms with van der Waals surface area (Å²) in [5.41, 5.74) is 4.12. The average Bonchev–Trinajstić information content (AvgIpc) is 2.71. The molecule has 2 nitrogen and oxygen atoms in total. The van der Waals surface area contributed by atoms with Crippen LogP contribution in [0.5, 0.6) is 0 Å². The molecule has 0 bridgehead atoms. The Balaban J connectivity index is 1.82. The number of rotatable bonds is 8. The van der Waals surface area contributed by atoms with Crippen LogP contribution >= 0.6 is 0 Å². The smallest absolute Gasteiger partial charge is 0.383 e. The van der Waals surface area contributed by atoms with E-state index >= 15 is 0 Å². The fourth-order valence-electron chi connectivity index (χ4n) is 2.64. The van der Waals surface area contributed by atoms with E-state index in [-0.39, 0.29) is 0 Å². The molecule has 0 N–H and O–H groups in total. The standard InChI is InChI=1S/C22H22O2Si/c1-2-25(22-16-10-5-11-17-22,23-18-20-12-6-3-7-13-20)24-19-21-14-8-4-9-15-21/h2-17H,1,18-19H2. The largest absolute Gasteiger partial charge is 0.399 e. The van der Waals surface area contributed by atoms with E-state index in [1.165, 1.54) is 0 Å². The van der Waals surface area contributed by atoms with Crippen LogP contribution in [0.15, 0.2) is 103 Å². The summed E-state index contributed by atoms with van der Waals surface area (Å²) >= 11 is 0. The van der Waals surface area contributed by atoms with Crippen molar-refractivity contribution in [3.8, 4) is 0 Å². The lowest BCUT2D eigenvalue weighted by molar-refractivity contribution is 0.175. The van der Waals surface area contributed by atoms with Gasteiger partial charge in [-0.3, -0.25) is 0 Å². The van der Waals surface area contributed by atoms with Crippen LogP contribution in [0.2, 0.25) is 0 Å². The number of hydrogen-bond donors (Lipinski definition) is 0. The van der Waals surface area contributed by atoms with Crippen LogP contribution in [-0.2, 0) is 22.1 Å². The molecule has 0 radical (unpaired) electrons. The van der Waals surface area contributed by atoms with Gasteiger partial charge in [0.25, 0.3) is 0 Å². The molecule has 0 spiro atoms.